The van der Waals surface area contributed by atoms with Crippen molar-refractivity contribution in [2.24, 2.45) is 0 Å². The normalized spacial score (nSPS) is 11.4. The quantitative estimate of drug-likeness (QED) is 0.431. The highest BCUT2D eigenvalue weighted by Gasteiger charge is 2.15. The summed E-state index contributed by atoms with van der Waals surface area (Å²) in [6.45, 7) is 0. The first-order chi connectivity index (χ1) is 14.4. The molecule has 5 heterocycles. The van der Waals surface area contributed by atoms with E-state index < -0.39 is 0 Å². The van der Waals surface area contributed by atoms with Gasteiger partial charge >= 0.3 is 0 Å². The average Bonchev–Trinajstić information content (AvgIpc) is 3.52. The fraction of sp³-hybridized carbons (Fsp3) is 0. The second-order valence-electron chi connectivity index (χ2n) is 6.87. The zero-order valence-corrected chi connectivity index (χ0v) is 15.3. The Morgan fingerprint density at radius 1 is 0.897 bits per heavy atom. The van der Waals surface area contributed by atoms with E-state index in [4.69, 9.17) is 9.40 Å². The van der Waals surface area contributed by atoms with Gasteiger partial charge in [-0.05, 0) is 48.0 Å². The summed E-state index contributed by atoms with van der Waals surface area (Å²) in [6.07, 6.45) is 7.02. The SMILES string of the molecule is c1cncc(-c2ccc3[nH]nc(-c4cc5c(-c6ccoc6)cccc5[nH]4)c3n2)c1. The number of hydrogen-bond acceptors (Lipinski definition) is 4. The van der Waals surface area contributed by atoms with Crippen molar-refractivity contribution in [1.29, 1.82) is 0 Å². The van der Waals surface area contributed by atoms with Crippen LogP contribution in [0.25, 0.3) is 55.7 Å². The van der Waals surface area contributed by atoms with Gasteiger partial charge in [0.15, 0.2) is 0 Å². The predicted molar refractivity (Wildman–Crippen MR) is 112 cm³/mol. The van der Waals surface area contributed by atoms with Crippen LogP contribution >= 0.6 is 0 Å². The third-order valence-electron chi connectivity index (χ3n) is 5.12. The lowest BCUT2D eigenvalue weighted by Crippen LogP contribution is -1.86. The molecule has 6 aromatic rings. The molecule has 138 valence electrons. The molecule has 0 spiro atoms. The Kier molecular flexibility index (Phi) is 3.37. The molecule has 1 aromatic carbocycles. The molecular formula is C23H15N5O. The standard InChI is InChI=1S/C23H15N5O/c1-4-16(15-8-10-29-13-15)17-11-21(25-19(17)5-1)23-22-20(27-28-23)7-6-18(26-22)14-3-2-9-24-12-14/h1-13,25H,(H,27,28). The lowest BCUT2D eigenvalue weighted by atomic mass is 10.0. The Morgan fingerprint density at radius 2 is 1.90 bits per heavy atom. The first-order valence-corrected chi connectivity index (χ1v) is 9.27. The number of nitrogens with one attached hydrogen (secondary N) is 2. The molecule has 0 aliphatic carbocycles. The molecule has 0 atom stereocenters. The van der Waals surface area contributed by atoms with E-state index in [0.29, 0.717) is 0 Å². The minimum atomic E-state index is 0.792. The van der Waals surface area contributed by atoms with Crippen LogP contribution in [0, 0.1) is 0 Å². The number of pyridine rings is 2. The molecule has 2 N–H and O–H groups in total. The van der Waals surface area contributed by atoms with Crippen molar-refractivity contribution in [2.45, 2.75) is 0 Å². The lowest BCUT2D eigenvalue weighted by Gasteiger charge is -2.00. The van der Waals surface area contributed by atoms with Crippen LogP contribution in [-0.2, 0) is 0 Å². The van der Waals surface area contributed by atoms with E-state index in [1.54, 1.807) is 18.7 Å². The predicted octanol–water partition coefficient (Wildman–Crippen LogP) is 5.43. The number of rotatable bonds is 3. The maximum absolute atomic E-state index is 5.27. The number of hydrogen-bond donors (Lipinski definition) is 2. The van der Waals surface area contributed by atoms with Gasteiger partial charge in [0, 0.05) is 34.4 Å². The van der Waals surface area contributed by atoms with Gasteiger partial charge in [-0.3, -0.25) is 10.1 Å². The summed E-state index contributed by atoms with van der Waals surface area (Å²) in [5.41, 5.74) is 8.46. The van der Waals surface area contributed by atoms with Gasteiger partial charge in [0.2, 0.25) is 0 Å². The van der Waals surface area contributed by atoms with Gasteiger partial charge in [-0.1, -0.05) is 12.1 Å². The van der Waals surface area contributed by atoms with Crippen LogP contribution in [0.1, 0.15) is 0 Å². The van der Waals surface area contributed by atoms with E-state index in [-0.39, 0.29) is 0 Å². The van der Waals surface area contributed by atoms with Crippen molar-refractivity contribution in [3.8, 4) is 33.8 Å². The zero-order valence-electron chi connectivity index (χ0n) is 15.3. The topological polar surface area (TPSA) is 83.4 Å². The number of nitrogens with zero attached hydrogens (tertiary/aromatic N) is 3. The summed E-state index contributed by atoms with van der Waals surface area (Å²) in [4.78, 5) is 12.5. The van der Waals surface area contributed by atoms with Crippen molar-refractivity contribution in [2.75, 3.05) is 0 Å². The third kappa shape index (κ3) is 2.54. The number of H-pyrrole nitrogens is 2. The summed E-state index contributed by atoms with van der Waals surface area (Å²) < 4.78 is 5.27. The largest absolute Gasteiger partial charge is 0.472 e. The fourth-order valence-corrected chi connectivity index (χ4v) is 3.71. The Morgan fingerprint density at radius 3 is 2.76 bits per heavy atom. The van der Waals surface area contributed by atoms with Gasteiger partial charge in [-0.15, -0.1) is 0 Å². The van der Waals surface area contributed by atoms with Crippen LogP contribution in [0.2, 0.25) is 0 Å². The summed E-state index contributed by atoms with van der Waals surface area (Å²) >= 11 is 0. The summed E-state index contributed by atoms with van der Waals surface area (Å²) in [6, 6.07) is 18.2. The Hall–Kier alpha value is -4.19. The highest BCUT2D eigenvalue weighted by atomic mass is 16.3. The molecule has 0 radical (unpaired) electrons. The van der Waals surface area contributed by atoms with Crippen LogP contribution in [-0.4, -0.2) is 25.1 Å². The highest BCUT2D eigenvalue weighted by Crippen LogP contribution is 2.34. The van der Waals surface area contributed by atoms with Crippen molar-refractivity contribution in [3.63, 3.8) is 0 Å². The molecule has 6 rings (SSSR count). The second-order valence-corrected chi connectivity index (χ2v) is 6.87. The Labute approximate surface area is 165 Å². The van der Waals surface area contributed by atoms with E-state index in [1.165, 1.54) is 0 Å². The summed E-state index contributed by atoms with van der Waals surface area (Å²) in [5, 5.41) is 8.74. The van der Waals surface area contributed by atoms with Crippen LogP contribution in [0.3, 0.4) is 0 Å². The molecule has 6 heteroatoms. The van der Waals surface area contributed by atoms with Gasteiger partial charge in [0.25, 0.3) is 0 Å². The van der Waals surface area contributed by atoms with Crippen molar-refractivity contribution in [1.82, 2.24) is 25.1 Å². The number of aromatic nitrogens is 5. The van der Waals surface area contributed by atoms with Crippen LogP contribution in [0.15, 0.2) is 83.9 Å². The van der Waals surface area contributed by atoms with E-state index in [0.717, 1.165) is 55.7 Å². The average molecular weight is 377 g/mol. The van der Waals surface area contributed by atoms with Crippen LogP contribution in [0.5, 0.6) is 0 Å². The molecule has 5 aromatic heterocycles. The molecular weight excluding hydrogens is 362 g/mol. The van der Waals surface area contributed by atoms with E-state index in [1.807, 2.05) is 42.6 Å². The minimum absolute atomic E-state index is 0.792. The highest BCUT2D eigenvalue weighted by molar-refractivity contribution is 6.00. The number of fused-ring (bicyclic) bond motifs is 2. The lowest BCUT2D eigenvalue weighted by molar-refractivity contribution is 0.568. The maximum Gasteiger partial charge on any atom is 0.135 e. The molecule has 29 heavy (non-hydrogen) atoms. The van der Waals surface area contributed by atoms with Crippen molar-refractivity contribution >= 4 is 21.9 Å². The monoisotopic (exact) mass is 377 g/mol. The van der Waals surface area contributed by atoms with Gasteiger partial charge in [0.05, 0.1) is 29.4 Å². The minimum Gasteiger partial charge on any atom is -0.472 e. The third-order valence-corrected chi connectivity index (χ3v) is 5.12. The molecule has 0 bridgehead atoms. The first-order valence-electron chi connectivity index (χ1n) is 9.27. The van der Waals surface area contributed by atoms with Crippen LogP contribution < -0.4 is 0 Å². The molecule has 0 saturated heterocycles. The second kappa shape index (κ2) is 6.17. The molecule has 0 aliphatic heterocycles. The Bertz CT molecular complexity index is 1450. The van der Waals surface area contributed by atoms with Gasteiger partial charge in [0.1, 0.15) is 11.2 Å². The van der Waals surface area contributed by atoms with Crippen molar-refractivity contribution < 1.29 is 4.42 Å². The smallest absolute Gasteiger partial charge is 0.135 e. The number of aromatic amines is 2. The molecule has 0 fully saturated rings. The first kappa shape index (κ1) is 15.8. The van der Waals surface area contributed by atoms with Crippen molar-refractivity contribution in [3.05, 3.63) is 79.5 Å². The van der Waals surface area contributed by atoms with Gasteiger partial charge in [-0.25, -0.2) is 4.98 Å². The number of benzene rings is 1. The summed E-state index contributed by atoms with van der Waals surface area (Å²) in [7, 11) is 0. The molecule has 6 nitrogen and oxygen atoms in total. The van der Waals surface area contributed by atoms with Gasteiger partial charge < -0.3 is 9.40 Å². The molecule has 0 amide bonds. The molecule has 0 aliphatic rings. The zero-order chi connectivity index (χ0) is 19.2. The number of furan rings is 1. The van der Waals surface area contributed by atoms with Crippen LogP contribution in [0.4, 0.5) is 0 Å². The molecule has 0 unspecified atom stereocenters. The van der Waals surface area contributed by atoms with E-state index in [9.17, 15) is 0 Å². The molecule has 0 saturated carbocycles. The fourth-order valence-electron chi connectivity index (χ4n) is 3.71. The van der Waals surface area contributed by atoms with E-state index >= 15 is 0 Å². The van der Waals surface area contributed by atoms with E-state index in [2.05, 4.69) is 38.4 Å². The maximum atomic E-state index is 5.27. The van der Waals surface area contributed by atoms with Gasteiger partial charge in [-0.2, -0.15) is 5.10 Å². The summed E-state index contributed by atoms with van der Waals surface area (Å²) in [5.74, 6) is 0. The Balaban J connectivity index is 1.53.